The van der Waals surface area contributed by atoms with Crippen molar-refractivity contribution in [1.82, 2.24) is 5.32 Å². The van der Waals surface area contributed by atoms with Gasteiger partial charge >= 0.3 is 0 Å². The van der Waals surface area contributed by atoms with Crippen LogP contribution in [0, 0.1) is 12.3 Å². The predicted molar refractivity (Wildman–Crippen MR) is 131 cm³/mol. The smallest absolute Gasteiger partial charge is 0.252 e. The van der Waals surface area contributed by atoms with Crippen LogP contribution in [-0.4, -0.2) is 25.3 Å². The molecule has 1 aliphatic heterocycles. The molecule has 2 N–H and O–H groups in total. The number of nitrogens with one attached hydrogen (secondary N) is 2. The number of para-hydroxylation sites is 1. The standard InChI is InChI=1S/C27H20N2O3S/c1-3-13-28-27(31)17-11-12-19-20(15-17)25(30)23-24(19)29-21-9-4-5-10-22(21)33-26(23)16-7-6-8-18(14-16)32-2/h1,4-12,14-15,26,29H,13H2,2H3,(H,28,31). The number of ketones is 1. The summed E-state index contributed by atoms with van der Waals surface area (Å²) in [5, 5.41) is 5.91. The fourth-order valence-corrected chi connectivity index (χ4v) is 5.43. The van der Waals surface area contributed by atoms with E-state index in [0.29, 0.717) is 16.7 Å². The lowest BCUT2D eigenvalue weighted by Crippen LogP contribution is -2.23. The first-order chi connectivity index (χ1) is 16.1. The minimum Gasteiger partial charge on any atom is -0.497 e. The number of ether oxygens (including phenoxy) is 1. The third-order valence-electron chi connectivity index (χ3n) is 5.71. The Morgan fingerprint density at radius 1 is 1.12 bits per heavy atom. The zero-order valence-corrected chi connectivity index (χ0v) is 18.7. The van der Waals surface area contributed by atoms with Crippen LogP contribution >= 0.6 is 11.8 Å². The maximum absolute atomic E-state index is 13.8. The van der Waals surface area contributed by atoms with Gasteiger partial charge in [0.25, 0.3) is 5.91 Å². The van der Waals surface area contributed by atoms with Crippen molar-refractivity contribution in [3.8, 4) is 18.1 Å². The number of hydrogen-bond donors (Lipinski definition) is 2. The average molecular weight is 453 g/mol. The van der Waals surface area contributed by atoms with Crippen LogP contribution in [0.15, 0.2) is 77.2 Å². The first-order valence-corrected chi connectivity index (χ1v) is 11.3. The van der Waals surface area contributed by atoms with Crippen molar-refractivity contribution < 1.29 is 14.3 Å². The van der Waals surface area contributed by atoms with Crippen LogP contribution in [0.25, 0.3) is 5.70 Å². The summed E-state index contributed by atoms with van der Waals surface area (Å²) in [6.07, 6.45) is 5.25. The Balaban J connectivity index is 1.64. The summed E-state index contributed by atoms with van der Waals surface area (Å²) in [7, 11) is 1.63. The van der Waals surface area contributed by atoms with Crippen molar-refractivity contribution in [2.75, 3.05) is 19.0 Å². The second kappa shape index (κ2) is 8.53. The van der Waals surface area contributed by atoms with Gasteiger partial charge < -0.3 is 15.4 Å². The Morgan fingerprint density at radius 3 is 2.79 bits per heavy atom. The number of thioether (sulfide) groups is 1. The van der Waals surface area contributed by atoms with Crippen molar-refractivity contribution in [2.45, 2.75) is 10.1 Å². The number of benzene rings is 3. The van der Waals surface area contributed by atoms with Gasteiger partial charge in [0.15, 0.2) is 5.78 Å². The Morgan fingerprint density at radius 2 is 1.97 bits per heavy atom. The van der Waals surface area contributed by atoms with Gasteiger partial charge in [-0.25, -0.2) is 0 Å². The molecule has 0 radical (unpaired) electrons. The molecule has 1 amide bonds. The Labute approximate surface area is 196 Å². The van der Waals surface area contributed by atoms with Crippen molar-refractivity contribution in [2.24, 2.45) is 0 Å². The summed E-state index contributed by atoms with van der Waals surface area (Å²) < 4.78 is 5.44. The molecule has 1 heterocycles. The summed E-state index contributed by atoms with van der Waals surface area (Å²) in [4.78, 5) is 27.2. The van der Waals surface area contributed by atoms with E-state index in [-0.39, 0.29) is 23.5 Å². The van der Waals surface area contributed by atoms with Crippen LogP contribution in [0.1, 0.15) is 37.1 Å². The van der Waals surface area contributed by atoms with Gasteiger partial charge in [-0.2, -0.15) is 0 Å². The molecule has 0 saturated heterocycles. The molecule has 33 heavy (non-hydrogen) atoms. The zero-order valence-electron chi connectivity index (χ0n) is 17.8. The number of carbonyl (C=O) groups excluding carboxylic acids is 2. The summed E-state index contributed by atoms with van der Waals surface area (Å²) in [5.74, 6) is 2.73. The van der Waals surface area contributed by atoms with Crippen molar-refractivity contribution in [3.63, 3.8) is 0 Å². The number of carbonyl (C=O) groups is 2. The van der Waals surface area contributed by atoms with E-state index in [1.165, 1.54) is 0 Å². The van der Waals surface area contributed by atoms with Crippen LogP contribution in [0.5, 0.6) is 5.75 Å². The van der Waals surface area contributed by atoms with Crippen LogP contribution in [0.2, 0.25) is 0 Å². The maximum Gasteiger partial charge on any atom is 0.252 e. The van der Waals surface area contributed by atoms with Crippen LogP contribution < -0.4 is 15.4 Å². The van der Waals surface area contributed by atoms with Crippen LogP contribution in [0.4, 0.5) is 5.69 Å². The number of Topliss-reactive ketones (excluding diaryl/α,β-unsaturated/α-hetero) is 1. The Kier molecular flexibility index (Phi) is 5.41. The second-order valence-electron chi connectivity index (χ2n) is 7.66. The molecule has 0 aromatic heterocycles. The molecule has 0 bridgehead atoms. The van der Waals surface area contributed by atoms with Crippen molar-refractivity contribution >= 4 is 34.8 Å². The molecule has 5 rings (SSSR count). The molecule has 0 fully saturated rings. The molecular weight excluding hydrogens is 432 g/mol. The third kappa shape index (κ3) is 3.67. The van der Waals surface area contributed by atoms with Gasteiger partial charge in [-0.1, -0.05) is 36.3 Å². The average Bonchev–Trinajstić information content (AvgIpc) is 3.01. The summed E-state index contributed by atoms with van der Waals surface area (Å²) in [6.45, 7) is 0.130. The molecule has 5 nitrogen and oxygen atoms in total. The molecule has 1 aliphatic carbocycles. The first-order valence-electron chi connectivity index (χ1n) is 10.4. The SMILES string of the molecule is C#CCNC(=O)c1ccc2c(c1)C(=O)C1=C2Nc2ccccc2SC1c1cccc(OC)c1. The molecule has 3 aromatic rings. The molecule has 1 unspecified atom stereocenters. The first kappa shape index (κ1) is 20.9. The summed E-state index contributed by atoms with van der Waals surface area (Å²) in [6, 6.07) is 21.0. The predicted octanol–water partition coefficient (Wildman–Crippen LogP) is 4.92. The quantitative estimate of drug-likeness (QED) is 0.550. The van der Waals surface area contributed by atoms with Crippen LogP contribution in [0.3, 0.4) is 0 Å². The van der Waals surface area contributed by atoms with E-state index in [9.17, 15) is 9.59 Å². The lowest BCUT2D eigenvalue weighted by Gasteiger charge is -2.18. The van der Waals surface area contributed by atoms with E-state index in [2.05, 4.69) is 16.6 Å². The zero-order chi connectivity index (χ0) is 22.9. The Bertz CT molecular complexity index is 1370. The molecule has 0 saturated carbocycles. The maximum atomic E-state index is 13.8. The molecule has 3 aromatic carbocycles. The molecule has 1 atom stereocenters. The Hall–Kier alpha value is -3.95. The molecule has 162 valence electrons. The molecule has 6 heteroatoms. The number of amides is 1. The normalized spacial score (nSPS) is 16.0. The molecular formula is C27H20N2O3S. The van der Waals surface area contributed by atoms with Gasteiger partial charge in [0.1, 0.15) is 5.75 Å². The van der Waals surface area contributed by atoms with Gasteiger partial charge in [-0.15, -0.1) is 18.2 Å². The molecule has 0 spiro atoms. The largest absolute Gasteiger partial charge is 0.497 e. The fraction of sp³-hybridized carbons (Fsp3) is 0.111. The third-order valence-corrected chi connectivity index (χ3v) is 7.06. The van der Waals surface area contributed by atoms with Gasteiger partial charge in [-0.3, -0.25) is 9.59 Å². The number of terminal acetylenes is 1. The van der Waals surface area contributed by atoms with Gasteiger partial charge in [0.05, 0.1) is 30.3 Å². The topological polar surface area (TPSA) is 67.4 Å². The van der Waals surface area contributed by atoms with Gasteiger partial charge in [-0.05, 0) is 42.0 Å². The number of fused-ring (bicyclic) bond motifs is 3. The lowest BCUT2D eigenvalue weighted by atomic mass is 10.00. The van der Waals surface area contributed by atoms with Crippen molar-refractivity contribution in [1.29, 1.82) is 0 Å². The number of rotatable bonds is 4. The highest BCUT2D eigenvalue weighted by molar-refractivity contribution is 8.00. The lowest BCUT2D eigenvalue weighted by molar-refractivity contribution is 0.0958. The van der Waals surface area contributed by atoms with E-state index in [1.807, 2.05) is 54.6 Å². The van der Waals surface area contributed by atoms with Gasteiger partial charge in [0, 0.05) is 27.2 Å². The summed E-state index contributed by atoms with van der Waals surface area (Å²) >= 11 is 1.62. The second-order valence-corrected chi connectivity index (χ2v) is 8.81. The highest BCUT2D eigenvalue weighted by atomic mass is 32.2. The van der Waals surface area contributed by atoms with Gasteiger partial charge in [0.2, 0.25) is 0 Å². The van der Waals surface area contributed by atoms with E-state index >= 15 is 0 Å². The van der Waals surface area contributed by atoms with Crippen molar-refractivity contribution in [3.05, 3.63) is 94.6 Å². The minimum atomic E-state index is -0.303. The minimum absolute atomic E-state index is 0.0905. The van der Waals surface area contributed by atoms with E-state index in [4.69, 9.17) is 11.2 Å². The van der Waals surface area contributed by atoms with E-state index in [0.717, 1.165) is 33.2 Å². The number of hydrogen-bond acceptors (Lipinski definition) is 5. The highest BCUT2D eigenvalue weighted by Crippen LogP contribution is 2.52. The van der Waals surface area contributed by atoms with Crippen LogP contribution in [-0.2, 0) is 0 Å². The monoisotopic (exact) mass is 452 g/mol. The molecule has 2 aliphatic rings. The number of methoxy groups -OCH3 is 1. The van der Waals surface area contributed by atoms with E-state index < -0.39 is 0 Å². The highest BCUT2D eigenvalue weighted by Gasteiger charge is 2.38. The van der Waals surface area contributed by atoms with E-state index in [1.54, 1.807) is 31.0 Å². The number of anilines is 1. The fourth-order valence-electron chi connectivity index (χ4n) is 4.15. The summed E-state index contributed by atoms with van der Waals surface area (Å²) in [5.41, 5.74) is 5.05.